The standard InChI is InChI=1S/C19H31NO/c1-4-13-20-18(11-10-16-7-5-6-8-16)17-14-15(2)9-12-19(17)21-3/h9,12,14,16,18,20H,4-8,10-11,13H2,1-3H3. The van der Waals surface area contributed by atoms with Crippen LogP contribution in [0.4, 0.5) is 0 Å². The highest BCUT2D eigenvalue weighted by Gasteiger charge is 2.20. The maximum atomic E-state index is 5.59. The van der Waals surface area contributed by atoms with Gasteiger partial charge < -0.3 is 10.1 Å². The van der Waals surface area contributed by atoms with Crippen molar-refractivity contribution in [2.24, 2.45) is 5.92 Å². The first-order chi connectivity index (χ1) is 10.2. The maximum absolute atomic E-state index is 5.59. The zero-order chi connectivity index (χ0) is 15.1. The molecule has 0 radical (unpaired) electrons. The highest BCUT2D eigenvalue weighted by atomic mass is 16.5. The Morgan fingerprint density at radius 1 is 1.29 bits per heavy atom. The lowest BCUT2D eigenvalue weighted by Gasteiger charge is -2.23. The van der Waals surface area contributed by atoms with E-state index in [1.165, 1.54) is 56.1 Å². The van der Waals surface area contributed by atoms with Gasteiger partial charge in [-0.2, -0.15) is 0 Å². The van der Waals surface area contributed by atoms with Crippen LogP contribution < -0.4 is 10.1 Å². The fourth-order valence-electron chi connectivity index (χ4n) is 3.51. The van der Waals surface area contributed by atoms with Crippen LogP contribution in [0.1, 0.15) is 69.0 Å². The monoisotopic (exact) mass is 289 g/mol. The lowest BCUT2D eigenvalue weighted by atomic mass is 9.93. The number of hydrogen-bond donors (Lipinski definition) is 1. The molecule has 0 saturated heterocycles. The molecule has 0 amide bonds. The van der Waals surface area contributed by atoms with E-state index in [9.17, 15) is 0 Å². The summed E-state index contributed by atoms with van der Waals surface area (Å²) in [4.78, 5) is 0. The van der Waals surface area contributed by atoms with Crippen LogP contribution in [-0.2, 0) is 0 Å². The zero-order valence-electron chi connectivity index (χ0n) is 14.0. The van der Waals surface area contributed by atoms with Gasteiger partial charge in [0.2, 0.25) is 0 Å². The van der Waals surface area contributed by atoms with Gasteiger partial charge >= 0.3 is 0 Å². The number of ether oxygens (including phenoxy) is 1. The average Bonchev–Trinajstić information content (AvgIpc) is 3.01. The molecular formula is C19H31NO. The number of nitrogens with one attached hydrogen (secondary N) is 1. The summed E-state index contributed by atoms with van der Waals surface area (Å²) in [5, 5.41) is 3.73. The highest BCUT2D eigenvalue weighted by Crippen LogP contribution is 2.34. The summed E-state index contributed by atoms with van der Waals surface area (Å²) in [6, 6.07) is 6.97. The van der Waals surface area contributed by atoms with Gasteiger partial charge in [0, 0.05) is 11.6 Å². The van der Waals surface area contributed by atoms with E-state index in [2.05, 4.69) is 37.4 Å². The first-order valence-electron chi connectivity index (χ1n) is 8.62. The van der Waals surface area contributed by atoms with Gasteiger partial charge in [0.25, 0.3) is 0 Å². The van der Waals surface area contributed by atoms with Crippen molar-refractivity contribution < 1.29 is 4.74 Å². The van der Waals surface area contributed by atoms with E-state index >= 15 is 0 Å². The van der Waals surface area contributed by atoms with E-state index in [1.807, 2.05) is 0 Å². The number of methoxy groups -OCH3 is 1. The molecule has 1 unspecified atom stereocenters. The molecule has 0 bridgehead atoms. The predicted molar refractivity (Wildman–Crippen MR) is 90.0 cm³/mol. The van der Waals surface area contributed by atoms with Gasteiger partial charge in [0.1, 0.15) is 5.75 Å². The Kier molecular flexibility index (Phi) is 6.56. The minimum Gasteiger partial charge on any atom is -0.496 e. The van der Waals surface area contributed by atoms with Gasteiger partial charge in [0.05, 0.1) is 7.11 Å². The second-order valence-electron chi connectivity index (χ2n) is 6.48. The second kappa shape index (κ2) is 8.43. The van der Waals surface area contributed by atoms with Crippen LogP contribution in [-0.4, -0.2) is 13.7 Å². The molecule has 1 saturated carbocycles. The Bertz CT molecular complexity index is 424. The third kappa shape index (κ3) is 4.74. The smallest absolute Gasteiger partial charge is 0.123 e. The van der Waals surface area contributed by atoms with Crippen molar-refractivity contribution in [3.8, 4) is 5.75 Å². The van der Waals surface area contributed by atoms with E-state index < -0.39 is 0 Å². The summed E-state index contributed by atoms with van der Waals surface area (Å²) in [5.74, 6) is 1.98. The number of hydrogen-bond acceptors (Lipinski definition) is 2. The molecule has 0 heterocycles. The van der Waals surface area contributed by atoms with Gasteiger partial charge in [-0.1, -0.05) is 50.3 Å². The molecule has 1 atom stereocenters. The van der Waals surface area contributed by atoms with Crippen LogP contribution in [0.15, 0.2) is 18.2 Å². The summed E-state index contributed by atoms with van der Waals surface area (Å²) in [6.45, 7) is 5.47. The summed E-state index contributed by atoms with van der Waals surface area (Å²) in [5.41, 5.74) is 2.65. The summed E-state index contributed by atoms with van der Waals surface area (Å²) in [6.07, 6.45) is 9.49. The SMILES string of the molecule is CCCNC(CCC1CCCC1)c1cc(C)ccc1OC. The molecule has 2 rings (SSSR count). The van der Waals surface area contributed by atoms with Crippen LogP contribution in [0.2, 0.25) is 0 Å². The van der Waals surface area contributed by atoms with Gasteiger partial charge in [-0.15, -0.1) is 0 Å². The van der Waals surface area contributed by atoms with E-state index in [0.717, 1.165) is 18.2 Å². The lowest BCUT2D eigenvalue weighted by Crippen LogP contribution is -2.23. The van der Waals surface area contributed by atoms with E-state index in [1.54, 1.807) is 7.11 Å². The topological polar surface area (TPSA) is 21.3 Å². The molecule has 1 aromatic rings. The lowest BCUT2D eigenvalue weighted by molar-refractivity contribution is 0.378. The van der Waals surface area contributed by atoms with Crippen molar-refractivity contribution in [3.63, 3.8) is 0 Å². The average molecular weight is 289 g/mol. The summed E-state index contributed by atoms with van der Waals surface area (Å²) in [7, 11) is 1.78. The highest BCUT2D eigenvalue weighted by molar-refractivity contribution is 5.39. The summed E-state index contributed by atoms with van der Waals surface area (Å²) >= 11 is 0. The fourth-order valence-corrected chi connectivity index (χ4v) is 3.51. The van der Waals surface area contributed by atoms with Gasteiger partial charge in [-0.3, -0.25) is 0 Å². The Balaban J connectivity index is 2.08. The number of rotatable bonds is 8. The van der Waals surface area contributed by atoms with Crippen LogP contribution in [0.3, 0.4) is 0 Å². The molecule has 118 valence electrons. The van der Waals surface area contributed by atoms with Gasteiger partial charge in [-0.25, -0.2) is 0 Å². The normalized spacial score (nSPS) is 17.1. The molecule has 0 aromatic heterocycles. The second-order valence-corrected chi connectivity index (χ2v) is 6.48. The van der Waals surface area contributed by atoms with Crippen LogP contribution in [0, 0.1) is 12.8 Å². The molecule has 1 aliphatic rings. The van der Waals surface area contributed by atoms with Crippen molar-refractivity contribution in [1.29, 1.82) is 0 Å². The number of benzene rings is 1. The van der Waals surface area contributed by atoms with E-state index in [0.29, 0.717) is 6.04 Å². The molecule has 2 heteroatoms. The van der Waals surface area contributed by atoms with Gasteiger partial charge in [0.15, 0.2) is 0 Å². The third-order valence-electron chi connectivity index (χ3n) is 4.74. The minimum atomic E-state index is 0.431. The van der Waals surface area contributed by atoms with Crippen molar-refractivity contribution in [3.05, 3.63) is 29.3 Å². The first-order valence-corrected chi connectivity index (χ1v) is 8.62. The van der Waals surface area contributed by atoms with Crippen molar-refractivity contribution in [2.75, 3.05) is 13.7 Å². The largest absolute Gasteiger partial charge is 0.496 e. The molecule has 0 aliphatic heterocycles. The fraction of sp³-hybridized carbons (Fsp3) is 0.684. The first kappa shape index (κ1) is 16.4. The predicted octanol–water partition coefficient (Wildman–Crippen LogP) is 5.01. The molecular weight excluding hydrogens is 258 g/mol. The van der Waals surface area contributed by atoms with Crippen molar-refractivity contribution in [1.82, 2.24) is 5.32 Å². The zero-order valence-corrected chi connectivity index (χ0v) is 14.0. The number of aryl methyl sites for hydroxylation is 1. The maximum Gasteiger partial charge on any atom is 0.123 e. The summed E-state index contributed by atoms with van der Waals surface area (Å²) < 4.78 is 5.59. The van der Waals surface area contributed by atoms with Crippen LogP contribution >= 0.6 is 0 Å². The van der Waals surface area contributed by atoms with Gasteiger partial charge in [-0.05, 0) is 44.7 Å². The van der Waals surface area contributed by atoms with Crippen molar-refractivity contribution in [2.45, 2.75) is 64.8 Å². The Morgan fingerprint density at radius 2 is 2.05 bits per heavy atom. The Hall–Kier alpha value is -1.02. The molecule has 1 N–H and O–H groups in total. The van der Waals surface area contributed by atoms with E-state index in [-0.39, 0.29) is 0 Å². The molecule has 1 fully saturated rings. The Labute approximate surface area is 130 Å². The quantitative estimate of drug-likeness (QED) is 0.726. The molecule has 0 spiro atoms. The molecule has 2 nitrogen and oxygen atoms in total. The third-order valence-corrected chi connectivity index (χ3v) is 4.74. The van der Waals surface area contributed by atoms with Crippen LogP contribution in [0.25, 0.3) is 0 Å². The minimum absolute atomic E-state index is 0.431. The Morgan fingerprint density at radius 3 is 2.71 bits per heavy atom. The van der Waals surface area contributed by atoms with Crippen LogP contribution in [0.5, 0.6) is 5.75 Å². The molecule has 1 aliphatic carbocycles. The van der Waals surface area contributed by atoms with E-state index in [4.69, 9.17) is 4.74 Å². The molecule has 1 aromatic carbocycles. The van der Waals surface area contributed by atoms with Crippen molar-refractivity contribution >= 4 is 0 Å². The molecule has 21 heavy (non-hydrogen) atoms.